The molecular weight excluding hydrogens is 426 g/mol. The molecule has 1 aliphatic rings. The van der Waals surface area contributed by atoms with E-state index in [-0.39, 0.29) is 30.3 Å². The summed E-state index contributed by atoms with van der Waals surface area (Å²) in [6.07, 6.45) is -3.04. The van der Waals surface area contributed by atoms with Crippen LogP contribution in [-0.4, -0.2) is 56.4 Å². The second-order valence-corrected chi connectivity index (χ2v) is 7.28. The molecule has 0 saturated carbocycles. The van der Waals surface area contributed by atoms with Crippen molar-refractivity contribution in [3.8, 4) is 5.75 Å². The SMILES string of the molecule is CCN=Cc1c(N2CCN(C(=O)CCOc3ccc(F)cc3)CC2)cccc1C(F)(F)F. The van der Waals surface area contributed by atoms with Gasteiger partial charge in [-0.15, -0.1) is 0 Å². The van der Waals surface area contributed by atoms with Crippen LogP contribution in [0.2, 0.25) is 0 Å². The number of rotatable bonds is 7. The zero-order valence-electron chi connectivity index (χ0n) is 17.7. The van der Waals surface area contributed by atoms with E-state index in [1.807, 2.05) is 4.90 Å². The van der Waals surface area contributed by atoms with Crippen molar-refractivity contribution < 1.29 is 27.1 Å². The van der Waals surface area contributed by atoms with Gasteiger partial charge in [0.15, 0.2) is 0 Å². The Bertz CT molecular complexity index is 937. The molecule has 1 saturated heterocycles. The molecule has 0 atom stereocenters. The number of carbonyl (C=O) groups is 1. The summed E-state index contributed by atoms with van der Waals surface area (Å²) >= 11 is 0. The summed E-state index contributed by atoms with van der Waals surface area (Å²) < 4.78 is 58.8. The Balaban J connectivity index is 1.59. The molecule has 0 aromatic heterocycles. The first-order chi connectivity index (χ1) is 15.3. The molecule has 0 unspecified atom stereocenters. The highest BCUT2D eigenvalue weighted by atomic mass is 19.4. The third kappa shape index (κ3) is 5.99. The maximum Gasteiger partial charge on any atom is 0.417 e. The van der Waals surface area contributed by atoms with Gasteiger partial charge >= 0.3 is 6.18 Å². The summed E-state index contributed by atoms with van der Waals surface area (Å²) in [5.41, 5.74) is -0.207. The molecule has 0 aliphatic carbocycles. The Morgan fingerprint density at radius 3 is 2.41 bits per heavy atom. The summed E-state index contributed by atoms with van der Waals surface area (Å²) in [5.74, 6) is 0.0228. The van der Waals surface area contributed by atoms with Crippen LogP contribution in [0.3, 0.4) is 0 Å². The van der Waals surface area contributed by atoms with Crippen molar-refractivity contribution >= 4 is 17.8 Å². The van der Waals surface area contributed by atoms with Gasteiger partial charge in [0.25, 0.3) is 0 Å². The maximum absolute atomic E-state index is 13.5. The van der Waals surface area contributed by atoms with Gasteiger partial charge in [0.2, 0.25) is 5.91 Å². The Labute approximate surface area is 184 Å². The fourth-order valence-corrected chi connectivity index (χ4v) is 3.54. The highest BCUT2D eigenvalue weighted by molar-refractivity contribution is 5.90. The molecule has 1 amide bonds. The number of hydrogen-bond acceptors (Lipinski definition) is 4. The van der Waals surface area contributed by atoms with E-state index in [1.54, 1.807) is 17.9 Å². The maximum atomic E-state index is 13.5. The summed E-state index contributed by atoms with van der Waals surface area (Å²) in [6.45, 7) is 3.93. The third-order valence-corrected chi connectivity index (χ3v) is 5.16. The molecule has 172 valence electrons. The zero-order valence-corrected chi connectivity index (χ0v) is 17.7. The van der Waals surface area contributed by atoms with Gasteiger partial charge in [0, 0.05) is 50.2 Å². The van der Waals surface area contributed by atoms with Gasteiger partial charge in [-0.1, -0.05) is 6.07 Å². The van der Waals surface area contributed by atoms with Gasteiger partial charge in [0.05, 0.1) is 18.6 Å². The van der Waals surface area contributed by atoms with Crippen LogP contribution < -0.4 is 9.64 Å². The molecule has 32 heavy (non-hydrogen) atoms. The first-order valence-corrected chi connectivity index (χ1v) is 10.4. The van der Waals surface area contributed by atoms with E-state index < -0.39 is 11.7 Å². The van der Waals surface area contributed by atoms with Gasteiger partial charge in [-0.25, -0.2) is 4.39 Å². The van der Waals surface area contributed by atoms with E-state index in [0.717, 1.165) is 6.07 Å². The van der Waals surface area contributed by atoms with Crippen LogP contribution in [-0.2, 0) is 11.0 Å². The second kappa shape index (κ2) is 10.5. The Kier molecular flexibility index (Phi) is 7.71. The number of nitrogens with zero attached hydrogens (tertiary/aromatic N) is 3. The minimum atomic E-state index is -4.48. The molecule has 1 heterocycles. The lowest BCUT2D eigenvalue weighted by molar-refractivity contribution is -0.137. The summed E-state index contributed by atoms with van der Waals surface area (Å²) in [6, 6.07) is 9.65. The number of piperazine rings is 1. The Hall–Kier alpha value is -3.10. The fourth-order valence-electron chi connectivity index (χ4n) is 3.54. The molecule has 1 fully saturated rings. The lowest BCUT2D eigenvalue weighted by atomic mass is 10.0. The molecule has 9 heteroatoms. The average molecular weight is 451 g/mol. The molecular formula is C23H25F4N3O2. The quantitative estimate of drug-likeness (QED) is 0.463. The Morgan fingerprint density at radius 1 is 1.09 bits per heavy atom. The highest BCUT2D eigenvalue weighted by Gasteiger charge is 2.35. The lowest BCUT2D eigenvalue weighted by Crippen LogP contribution is -2.49. The summed E-state index contributed by atoms with van der Waals surface area (Å²) in [4.78, 5) is 20.0. The van der Waals surface area contributed by atoms with Crippen molar-refractivity contribution in [1.29, 1.82) is 0 Å². The van der Waals surface area contributed by atoms with Crippen LogP contribution >= 0.6 is 0 Å². The van der Waals surface area contributed by atoms with E-state index in [9.17, 15) is 22.4 Å². The summed E-state index contributed by atoms with van der Waals surface area (Å²) in [5, 5.41) is 0. The standard InChI is InChI=1S/C23H25F4N3O2/c1-2-28-16-19-20(23(25,26)27)4-3-5-21(19)29-11-13-30(14-12-29)22(31)10-15-32-18-8-6-17(24)7-9-18/h3-9,16H,2,10-15H2,1H3. The van der Waals surface area contributed by atoms with E-state index in [2.05, 4.69) is 4.99 Å². The van der Waals surface area contributed by atoms with Crippen LogP contribution in [0.1, 0.15) is 24.5 Å². The molecule has 2 aromatic carbocycles. The molecule has 0 N–H and O–H groups in total. The van der Waals surface area contributed by atoms with Gasteiger partial charge in [-0.05, 0) is 43.3 Å². The molecule has 2 aromatic rings. The largest absolute Gasteiger partial charge is 0.493 e. The number of carbonyl (C=O) groups excluding carboxylic acids is 1. The predicted molar refractivity (Wildman–Crippen MR) is 115 cm³/mol. The molecule has 0 bridgehead atoms. The minimum absolute atomic E-state index is 0.0503. The van der Waals surface area contributed by atoms with E-state index >= 15 is 0 Å². The van der Waals surface area contributed by atoms with Crippen molar-refractivity contribution in [2.75, 3.05) is 44.2 Å². The third-order valence-electron chi connectivity index (χ3n) is 5.16. The number of ether oxygens (including phenoxy) is 1. The van der Waals surface area contributed by atoms with Crippen molar-refractivity contribution in [2.45, 2.75) is 19.5 Å². The average Bonchev–Trinajstić information content (AvgIpc) is 2.78. The van der Waals surface area contributed by atoms with Crippen LogP contribution in [0.4, 0.5) is 23.2 Å². The second-order valence-electron chi connectivity index (χ2n) is 7.28. The molecule has 5 nitrogen and oxygen atoms in total. The normalized spacial score (nSPS) is 14.8. The van der Waals surface area contributed by atoms with Crippen LogP contribution in [0.5, 0.6) is 5.75 Å². The fraction of sp³-hybridized carbons (Fsp3) is 0.391. The van der Waals surface area contributed by atoms with Crippen molar-refractivity contribution in [3.05, 3.63) is 59.4 Å². The zero-order chi connectivity index (χ0) is 23.1. The van der Waals surface area contributed by atoms with Gasteiger partial charge in [0.1, 0.15) is 11.6 Å². The monoisotopic (exact) mass is 451 g/mol. The van der Waals surface area contributed by atoms with Crippen molar-refractivity contribution in [2.24, 2.45) is 4.99 Å². The lowest BCUT2D eigenvalue weighted by Gasteiger charge is -2.37. The number of benzene rings is 2. The van der Waals surface area contributed by atoms with E-state index in [0.29, 0.717) is 44.2 Å². The topological polar surface area (TPSA) is 45.1 Å². The highest BCUT2D eigenvalue weighted by Crippen LogP contribution is 2.35. The molecule has 0 spiro atoms. The smallest absolute Gasteiger partial charge is 0.417 e. The van der Waals surface area contributed by atoms with Crippen LogP contribution in [0, 0.1) is 5.82 Å². The molecule has 3 rings (SSSR count). The van der Waals surface area contributed by atoms with Gasteiger partial charge in [-0.2, -0.15) is 13.2 Å². The van der Waals surface area contributed by atoms with E-state index in [1.165, 1.54) is 36.5 Å². The summed E-state index contributed by atoms with van der Waals surface area (Å²) in [7, 11) is 0. The van der Waals surface area contributed by atoms with Crippen molar-refractivity contribution in [1.82, 2.24) is 4.90 Å². The molecule has 0 radical (unpaired) electrons. The molecule has 1 aliphatic heterocycles. The first kappa shape index (κ1) is 23.6. The number of amides is 1. The number of anilines is 1. The van der Waals surface area contributed by atoms with Gasteiger partial charge < -0.3 is 14.5 Å². The van der Waals surface area contributed by atoms with Crippen molar-refractivity contribution in [3.63, 3.8) is 0 Å². The number of halogens is 4. The van der Waals surface area contributed by atoms with Gasteiger partial charge in [-0.3, -0.25) is 9.79 Å². The first-order valence-electron chi connectivity index (χ1n) is 10.4. The Morgan fingerprint density at radius 2 is 1.78 bits per heavy atom. The minimum Gasteiger partial charge on any atom is -0.493 e. The number of hydrogen-bond donors (Lipinski definition) is 0. The van der Waals surface area contributed by atoms with E-state index in [4.69, 9.17) is 4.74 Å². The number of aliphatic imine (C=N–C) groups is 1. The van der Waals surface area contributed by atoms with Crippen LogP contribution in [0.25, 0.3) is 0 Å². The number of alkyl halides is 3. The predicted octanol–water partition coefficient (Wildman–Crippen LogP) is 4.40. The van der Waals surface area contributed by atoms with Crippen LogP contribution in [0.15, 0.2) is 47.5 Å².